The van der Waals surface area contributed by atoms with Crippen molar-refractivity contribution < 1.29 is 18.0 Å². The maximum Gasteiger partial charge on any atom is 0.416 e. The zero-order valence-corrected chi connectivity index (χ0v) is 13.8. The van der Waals surface area contributed by atoms with Crippen LogP contribution in [-0.2, 0) is 12.7 Å². The molecule has 2 saturated heterocycles. The van der Waals surface area contributed by atoms with E-state index >= 15 is 0 Å². The number of hydrogen-bond acceptors (Lipinski definition) is 2. The summed E-state index contributed by atoms with van der Waals surface area (Å²) in [7, 11) is 0. The van der Waals surface area contributed by atoms with E-state index in [-0.39, 0.29) is 23.0 Å². The van der Waals surface area contributed by atoms with Crippen molar-refractivity contribution >= 4 is 17.6 Å². The average Bonchev–Trinajstić information content (AvgIpc) is 2.49. The molecule has 0 aromatic heterocycles. The molecule has 2 N–H and O–H groups in total. The molecular weight excluding hydrogens is 343 g/mol. The standard InChI is InChI=1S/C16H19ClF3N3O/c17-13-6-11(5-12(7-13)16(18,19)20)8-22-14(24)23-9-15(10-23)1-3-21-4-2-15/h5-7,21H,1-4,8-10H2,(H,22,24). The number of amides is 2. The molecule has 132 valence electrons. The van der Waals surface area contributed by atoms with E-state index in [2.05, 4.69) is 10.6 Å². The van der Waals surface area contributed by atoms with Crippen LogP contribution in [0.2, 0.25) is 5.02 Å². The third kappa shape index (κ3) is 3.78. The summed E-state index contributed by atoms with van der Waals surface area (Å²) in [6.07, 6.45) is -2.34. The van der Waals surface area contributed by atoms with E-state index in [1.807, 2.05) is 0 Å². The molecule has 3 rings (SSSR count). The Kier molecular flexibility index (Phi) is 4.66. The van der Waals surface area contributed by atoms with Crippen LogP contribution in [0.25, 0.3) is 0 Å². The minimum atomic E-state index is -4.46. The molecule has 4 nitrogen and oxygen atoms in total. The van der Waals surface area contributed by atoms with Crippen LogP contribution in [-0.4, -0.2) is 37.1 Å². The second-order valence-corrected chi connectivity index (χ2v) is 7.05. The van der Waals surface area contributed by atoms with E-state index in [1.54, 1.807) is 4.90 Å². The summed E-state index contributed by atoms with van der Waals surface area (Å²) >= 11 is 5.74. The number of urea groups is 1. The number of alkyl halides is 3. The molecule has 24 heavy (non-hydrogen) atoms. The van der Waals surface area contributed by atoms with Gasteiger partial charge in [-0.25, -0.2) is 4.79 Å². The summed E-state index contributed by atoms with van der Waals surface area (Å²) in [6.45, 7) is 3.39. The molecule has 1 spiro atoms. The van der Waals surface area contributed by atoms with Crippen molar-refractivity contribution in [3.63, 3.8) is 0 Å². The van der Waals surface area contributed by atoms with Gasteiger partial charge in [-0.2, -0.15) is 13.2 Å². The summed E-state index contributed by atoms with van der Waals surface area (Å²) in [4.78, 5) is 13.8. The maximum atomic E-state index is 12.8. The summed E-state index contributed by atoms with van der Waals surface area (Å²) in [5.74, 6) is 0. The van der Waals surface area contributed by atoms with Gasteiger partial charge in [0, 0.05) is 30.1 Å². The monoisotopic (exact) mass is 361 g/mol. The number of halogens is 4. The van der Waals surface area contributed by atoms with Crippen LogP contribution < -0.4 is 10.6 Å². The van der Waals surface area contributed by atoms with Gasteiger partial charge in [0.05, 0.1) is 5.56 Å². The number of carbonyl (C=O) groups is 1. The molecule has 1 aromatic rings. The maximum absolute atomic E-state index is 12.8. The Labute approximate surface area is 143 Å². The second-order valence-electron chi connectivity index (χ2n) is 6.61. The van der Waals surface area contributed by atoms with Gasteiger partial charge in [0.1, 0.15) is 0 Å². The van der Waals surface area contributed by atoms with Gasteiger partial charge in [-0.15, -0.1) is 0 Å². The highest BCUT2D eigenvalue weighted by Gasteiger charge is 2.45. The van der Waals surface area contributed by atoms with Crippen LogP contribution in [0.15, 0.2) is 18.2 Å². The number of piperidine rings is 1. The predicted octanol–water partition coefficient (Wildman–Crippen LogP) is 3.25. The summed E-state index contributed by atoms with van der Waals surface area (Å²) < 4.78 is 38.3. The quantitative estimate of drug-likeness (QED) is 0.849. The molecule has 2 heterocycles. The van der Waals surface area contributed by atoms with Crippen LogP contribution in [0.5, 0.6) is 0 Å². The van der Waals surface area contributed by atoms with Crippen molar-refractivity contribution in [2.24, 2.45) is 5.41 Å². The van der Waals surface area contributed by atoms with Crippen LogP contribution in [0.1, 0.15) is 24.0 Å². The predicted molar refractivity (Wildman–Crippen MR) is 84.8 cm³/mol. The van der Waals surface area contributed by atoms with E-state index in [0.717, 1.165) is 38.1 Å². The summed E-state index contributed by atoms with van der Waals surface area (Å²) in [5, 5.41) is 5.98. The second kappa shape index (κ2) is 6.44. The zero-order valence-electron chi connectivity index (χ0n) is 13.0. The molecule has 2 aliphatic heterocycles. The van der Waals surface area contributed by atoms with Crippen LogP contribution in [0, 0.1) is 5.41 Å². The van der Waals surface area contributed by atoms with Gasteiger partial charge >= 0.3 is 12.2 Å². The molecule has 0 aliphatic carbocycles. The summed E-state index contributed by atoms with van der Waals surface area (Å²) in [5.41, 5.74) is -0.251. The Morgan fingerprint density at radius 1 is 1.25 bits per heavy atom. The molecule has 1 aromatic carbocycles. The fraction of sp³-hybridized carbons (Fsp3) is 0.562. The Bertz CT molecular complexity index is 621. The SMILES string of the molecule is O=C(NCc1cc(Cl)cc(C(F)(F)F)c1)N1CC2(CCNCC2)C1. The zero-order chi connectivity index (χ0) is 17.4. The molecule has 2 fully saturated rings. The number of carbonyl (C=O) groups excluding carboxylic acids is 1. The molecule has 2 aliphatic rings. The highest BCUT2D eigenvalue weighted by Crippen LogP contribution is 2.38. The molecule has 0 atom stereocenters. The fourth-order valence-electron chi connectivity index (χ4n) is 3.39. The average molecular weight is 362 g/mol. The van der Waals surface area contributed by atoms with Gasteiger partial charge in [0.25, 0.3) is 0 Å². The highest BCUT2D eigenvalue weighted by atomic mass is 35.5. The third-order valence-electron chi connectivity index (χ3n) is 4.73. The Morgan fingerprint density at radius 2 is 1.92 bits per heavy atom. The van der Waals surface area contributed by atoms with E-state index in [4.69, 9.17) is 11.6 Å². The van der Waals surface area contributed by atoms with Crippen LogP contribution >= 0.6 is 11.6 Å². The summed E-state index contributed by atoms with van der Waals surface area (Å²) in [6, 6.07) is 3.08. The van der Waals surface area contributed by atoms with E-state index in [1.165, 1.54) is 6.07 Å². The third-order valence-corrected chi connectivity index (χ3v) is 4.95. The number of benzene rings is 1. The Hall–Kier alpha value is -1.47. The van der Waals surface area contributed by atoms with E-state index < -0.39 is 11.7 Å². The smallest absolute Gasteiger partial charge is 0.334 e. The molecule has 8 heteroatoms. The first-order valence-electron chi connectivity index (χ1n) is 7.88. The number of rotatable bonds is 2. The molecular formula is C16H19ClF3N3O. The molecule has 0 radical (unpaired) electrons. The Balaban J connectivity index is 1.55. The number of nitrogens with zero attached hydrogens (tertiary/aromatic N) is 1. The van der Waals surface area contributed by atoms with Gasteiger partial charge in [0.15, 0.2) is 0 Å². The van der Waals surface area contributed by atoms with Gasteiger partial charge in [0.2, 0.25) is 0 Å². The minimum Gasteiger partial charge on any atom is -0.334 e. The lowest BCUT2D eigenvalue weighted by Gasteiger charge is -2.52. The molecule has 0 unspecified atom stereocenters. The first kappa shape index (κ1) is 17.4. The van der Waals surface area contributed by atoms with Gasteiger partial charge in [-0.3, -0.25) is 0 Å². The number of nitrogens with one attached hydrogen (secondary N) is 2. The number of likely N-dealkylation sites (tertiary alicyclic amines) is 1. The largest absolute Gasteiger partial charge is 0.416 e. The van der Waals surface area contributed by atoms with Gasteiger partial charge in [-0.1, -0.05) is 11.6 Å². The first-order chi connectivity index (χ1) is 11.3. The first-order valence-corrected chi connectivity index (χ1v) is 8.25. The van der Waals surface area contributed by atoms with Crippen LogP contribution in [0.3, 0.4) is 0 Å². The van der Waals surface area contributed by atoms with Crippen molar-refractivity contribution in [1.82, 2.24) is 15.5 Å². The van der Waals surface area contributed by atoms with Crippen molar-refractivity contribution in [2.75, 3.05) is 26.2 Å². The minimum absolute atomic E-state index is 0.00619. The normalized spacial score (nSPS) is 19.9. The molecule has 0 saturated carbocycles. The van der Waals surface area contributed by atoms with Crippen molar-refractivity contribution in [3.05, 3.63) is 34.3 Å². The van der Waals surface area contributed by atoms with Crippen molar-refractivity contribution in [2.45, 2.75) is 25.6 Å². The lowest BCUT2D eigenvalue weighted by molar-refractivity contribution is -0.137. The fourth-order valence-corrected chi connectivity index (χ4v) is 3.64. The van der Waals surface area contributed by atoms with Crippen LogP contribution in [0.4, 0.5) is 18.0 Å². The lowest BCUT2D eigenvalue weighted by atomic mass is 9.72. The highest BCUT2D eigenvalue weighted by molar-refractivity contribution is 6.30. The lowest BCUT2D eigenvalue weighted by Crippen LogP contribution is -2.63. The van der Waals surface area contributed by atoms with Crippen molar-refractivity contribution in [3.8, 4) is 0 Å². The molecule has 0 bridgehead atoms. The van der Waals surface area contributed by atoms with Gasteiger partial charge < -0.3 is 15.5 Å². The van der Waals surface area contributed by atoms with E-state index in [0.29, 0.717) is 18.7 Å². The molecule has 2 amide bonds. The number of hydrogen-bond donors (Lipinski definition) is 2. The van der Waals surface area contributed by atoms with Crippen molar-refractivity contribution in [1.29, 1.82) is 0 Å². The Morgan fingerprint density at radius 3 is 2.54 bits per heavy atom. The topological polar surface area (TPSA) is 44.4 Å². The van der Waals surface area contributed by atoms with Gasteiger partial charge in [-0.05, 0) is 49.7 Å². The van der Waals surface area contributed by atoms with E-state index in [9.17, 15) is 18.0 Å².